The minimum atomic E-state index is 0.560. The molecule has 0 unspecified atom stereocenters. The molecule has 1 N–H and O–H groups in total. The number of benzene rings is 1. The number of rotatable bonds is 3. The Morgan fingerprint density at radius 3 is 2.58 bits per heavy atom. The van der Waals surface area contributed by atoms with Crippen LogP contribution in [0.15, 0.2) is 54.7 Å². The van der Waals surface area contributed by atoms with E-state index in [4.69, 9.17) is 12.2 Å². The molecule has 0 bridgehead atoms. The van der Waals surface area contributed by atoms with Gasteiger partial charge in [-0.3, -0.25) is 9.67 Å². The molecule has 0 spiro atoms. The van der Waals surface area contributed by atoms with Gasteiger partial charge in [0, 0.05) is 12.6 Å². The average molecular weight is 268 g/mol. The molecule has 5 heteroatoms. The summed E-state index contributed by atoms with van der Waals surface area (Å²) < 4.78 is 2.42. The fraction of sp³-hybridized carbons (Fsp3) is 0.0714. The van der Waals surface area contributed by atoms with Crippen molar-refractivity contribution in [2.24, 2.45) is 0 Å². The average Bonchev–Trinajstić information content (AvgIpc) is 2.82. The molecule has 1 aromatic carbocycles. The maximum absolute atomic E-state index is 5.28. The minimum Gasteiger partial charge on any atom is -0.255 e. The summed E-state index contributed by atoms with van der Waals surface area (Å²) in [6.07, 6.45) is 2.46. The third-order valence-electron chi connectivity index (χ3n) is 2.83. The quantitative estimate of drug-likeness (QED) is 0.743. The van der Waals surface area contributed by atoms with Gasteiger partial charge in [0.1, 0.15) is 11.6 Å². The number of nitrogens with zero attached hydrogens (tertiary/aromatic N) is 3. The minimum absolute atomic E-state index is 0.560. The van der Waals surface area contributed by atoms with E-state index in [1.807, 2.05) is 41.0 Å². The number of hydrogen-bond acceptors (Lipinski definition) is 3. The van der Waals surface area contributed by atoms with E-state index in [9.17, 15) is 0 Å². The van der Waals surface area contributed by atoms with Crippen molar-refractivity contribution < 1.29 is 0 Å². The van der Waals surface area contributed by atoms with Gasteiger partial charge in [0.25, 0.3) is 0 Å². The van der Waals surface area contributed by atoms with Crippen molar-refractivity contribution in [2.75, 3.05) is 0 Å². The van der Waals surface area contributed by atoms with Crippen LogP contribution in [0.2, 0.25) is 0 Å². The molecule has 3 rings (SSSR count). The largest absolute Gasteiger partial charge is 0.255 e. The maximum atomic E-state index is 5.28. The molecular formula is C14H12N4S. The summed E-state index contributed by atoms with van der Waals surface area (Å²) in [5, 5.41) is 7.12. The lowest BCUT2D eigenvalue weighted by Gasteiger charge is -2.05. The van der Waals surface area contributed by atoms with E-state index in [1.54, 1.807) is 6.20 Å². The molecule has 2 heterocycles. The topological polar surface area (TPSA) is 46.5 Å². The summed E-state index contributed by atoms with van der Waals surface area (Å²) in [4.78, 5) is 4.32. The molecule has 0 radical (unpaired) electrons. The second kappa shape index (κ2) is 5.16. The van der Waals surface area contributed by atoms with Gasteiger partial charge in [0.2, 0.25) is 4.77 Å². The van der Waals surface area contributed by atoms with Gasteiger partial charge >= 0.3 is 0 Å². The maximum Gasteiger partial charge on any atom is 0.201 e. The lowest BCUT2D eigenvalue weighted by molar-refractivity contribution is 0.877. The first-order valence-corrected chi connectivity index (χ1v) is 6.37. The first-order chi connectivity index (χ1) is 9.34. The zero-order valence-electron chi connectivity index (χ0n) is 10.2. The van der Waals surface area contributed by atoms with Crippen LogP contribution >= 0.6 is 12.2 Å². The predicted octanol–water partition coefficient (Wildman–Crippen LogP) is 2.92. The van der Waals surface area contributed by atoms with Crippen LogP contribution in [0.25, 0.3) is 5.82 Å². The smallest absolute Gasteiger partial charge is 0.201 e. The zero-order valence-corrected chi connectivity index (χ0v) is 11.0. The molecule has 0 aliphatic carbocycles. The van der Waals surface area contributed by atoms with Crippen molar-refractivity contribution >= 4 is 12.2 Å². The molecule has 0 fully saturated rings. The Bertz CT molecular complexity index is 716. The molecule has 19 heavy (non-hydrogen) atoms. The van der Waals surface area contributed by atoms with Crippen LogP contribution in [-0.2, 0) is 6.42 Å². The molecule has 0 aliphatic rings. The van der Waals surface area contributed by atoms with Gasteiger partial charge in [0.05, 0.1) is 0 Å². The highest BCUT2D eigenvalue weighted by molar-refractivity contribution is 7.71. The fourth-order valence-electron chi connectivity index (χ4n) is 1.95. The summed E-state index contributed by atoms with van der Waals surface area (Å²) in [5.74, 6) is 1.64. The number of H-pyrrole nitrogens is 1. The Hall–Kier alpha value is -2.27. The lowest BCUT2D eigenvalue weighted by Crippen LogP contribution is -2.04. The number of pyridine rings is 1. The second-order valence-corrected chi connectivity index (χ2v) is 4.52. The Morgan fingerprint density at radius 1 is 1.05 bits per heavy atom. The highest BCUT2D eigenvalue weighted by Crippen LogP contribution is 2.12. The Morgan fingerprint density at radius 2 is 1.84 bits per heavy atom. The van der Waals surface area contributed by atoms with Crippen LogP contribution in [0.3, 0.4) is 0 Å². The first kappa shape index (κ1) is 11.8. The van der Waals surface area contributed by atoms with Crippen molar-refractivity contribution in [3.63, 3.8) is 0 Å². The van der Waals surface area contributed by atoms with Gasteiger partial charge in [-0.25, -0.2) is 4.98 Å². The molecule has 0 saturated carbocycles. The summed E-state index contributed by atoms with van der Waals surface area (Å²) in [7, 11) is 0. The van der Waals surface area contributed by atoms with Gasteiger partial charge < -0.3 is 0 Å². The third kappa shape index (κ3) is 2.46. The second-order valence-electron chi connectivity index (χ2n) is 4.13. The summed E-state index contributed by atoms with van der Waals surface area (Å²) >= 11 is 5.28. The molecule has 3 aromatic rings. The summed E-state index contributed by atoms with van der Waals surface area (Å²) in [6.45, 7) is 0. The number of hydrogen-bond donors (Lipinski definition) is 1. The highest BCUT2D eigenvalue weighted by atomic mass is 32.1. The molecule has 94 valence electrons. The van der Waals surface area contributed by atoms with Gasteiger partial charge in [-0.15, -0.1) is 0 Å². The molecule has 4 nitrogen and oxygen atoms in total. The van der Waals surface area contributed by atoms with E-state index in [2.05, 4.69) is 27.3 Å². The van der Waals surface area contributed by atoms with E-state index in [0.29, 0.717) is 11.2 Å². The van der Waals surface area contributed by atoms with Crippen LogP contribution in [0.1, 0.15) is 11.4 Å². The Labute approximate surface area is 115 Å². The molecule has 0 saturated heterocycles. The van der Waals surface area contributed by atoms with Gasteiger partial charge in [-0.1, -0.05) is 36.4 Å². The van der Waals surface area contributed by atoms with E-state index in [0.717, 1.165) is 11.6 Å². The monoisotopic (exact) mass is 268 g/mol. The molecule has 0 amide bonds. The van der Waals surface area contributed by atoms with E-state index < -0.39 is 0 Å². The highest BCUT2D eigenvalue weighted by Gasteiger charge is 2.09. The van der Waals surface area contributed by atoms with Gasteiger partial charge in [0.15, 0.2) is 0 Å². The van der Waals surface area contributed by atoms with Crippen molar-refractivity contribution in [3.8, 4) is 5.82 Å². The Kier molecular flexibility index (Phi) is 3.20. The van der Waals surface area contributed by atoms with Crippen LogP contribution in [0.4, 0.5) is 0 Å². The third-order valence-corrected chi connectivity index (χ3v) is 3.10. The van der Waals surface area contributed by atoms with Crippen molar-refractivity contribution in [3.05, 3.63) is 70.9 Å². The lowest BCUT2D eigenvalue weighted by atomic mass is 10.1. The fourth-order valence-corrected chi connectivity index (χ4v) is 2.19. The van der Waals surface area contributed by atoms with E-state index in [-0.39, 0.29) is 0 Å². The normalized spacial score (nSPS) is 10.5. The van der Waals surface area contributed by atoms with Crippen LogP contribution in [0.5, 0.6) is 0 Å². The van der Waals surface area contributed by atoms with Crippen LogP contribution < -0.4 is 0 Å². The van der Waals surface area contributed by atoms with E-state index in [1.165, 1.54) is 5.56 Å². The zero-order chi connectivity index (χ0) is 13.1. The van der Waals surface area contributed by atoms with Crippen molar-refractivity contribution in [2.45, 2.75) is 6.42 Å². The summed E-state index contributed by atoms with van der Waals surface area (Å²) in [6, 6.07) is 15.9. The van der Waals surface area contributed by atoms with Gasteiger partial charge in [-0.05, 0) is 29.9 Å². The van der Waals surface area contributed by atoms with Crippen molar-refractivity contribution in [1.82, 2.24) is 19.7 Å². The SMILES string of the molecule is S=c1[nH]nc(Cc2ccccc2)n1-c1ccccn1. The molecule has 0 aliphatic heterocycles. The number of nitrogens with one attached hydrogen (secondary N) is 1. The molecule has 0 atom stereocenters. The Balaban J connectivity index is 2.03. The molecular weight excluding hydrogens is 256 g/mol. The van der Waals surface area contributed by atoms with Gasteiger partial charge in [-0.2, -0.15) is 5.10 Å². The van der Waals surface area contributed by atoms with Crippen LogP contribution in [-0.4, -0.2) is 19.7 Å². The summed E-state index contributed by atoms with van der Waals surface area (Å²) in [5.41, 5.74) is 1.19. The van der Waals surface area contributed by atoms with Crippen LogP contribution in [0, 0.1) is 4.77 Å². The van der Waals surface area contributed by atoms with Crippen molar-refractivity contribution in [1.29, 1.82) is 0 Å². The number of aromatic amines is 1. The predicted molar refractivity (Wildman–Crippen MR) is 75.8 cm³/mol. The number of aromatic nitrogens is 4. The van der Waals surface area contributed by atoms with E-state index >= 15 is 0 Å². The standard InChI is InChI=1S/C14H12N4S/c19-14-17-16-13(10-11-6-2-1-3-7-11)18(14)12-8-4-5-9-15-12/h1-9H,10H2,(H,17,19). The molecule has 2 aromatic heterocycles. The first-order valence-electron chi connectivity index (χ1n) is 5.96.